The normalized spacial score (nSPS) is 21.9. The molecule has 2 rings (SSSR count). The van der Waals surface area contributed by atoms with E-state index in [1.165, 1.54) is 0 Å². The van der Waals surface area contributed by atoms with Gasteiger partial charge in [-0.3, -0.25) is 9.88 Å². The molecule has 128 valence electrons. The van der Waals surface area contributed by atoms with Crippen molar-refractivity contribution in [3.05, 3.63) is 22.5 Å². The van der Waals surface area contributed by atoms with Crippen LogP contribution >= 0.6 is 0 Å². The summed E-state index contributed by atoms with van der Waals surface area (Å²) in [5, 5.41) is 2.16. The van der Waals surface area contributed by atoms with Gasteiger partial charge < -0.3 is 9.47 Å². The third kappa shape index (κ3) is 4.51. The third-order valence-electron chi connectivity index (χ3n) is 3.84. The number of halogens is 1. The first-order chi connectivity index (χ1) is 10.9. The van der Waals surface area contributed by atoms with E-state index in [0.29, 0.717) is 6.42 Å². The largest absolute Gasteiger partial charge is 0.449 e. The van der Waals surface area contributed by atoms with E-state index in [9.17, 15) is 14.0 Å². The summed E-state index contributed by atoms with van der Waals surface area (Å²) in [6, 6.07) is 0. The number of anilines is 1. The zero-order valence-corrected chi connectivity index (χ0v) is 13.5. The standard InChI is InChI=1S/C15H22FN3O4/c1-4-9(2)8-22-15(21)18-13-11(16)7-19(14(20)17-13)12-6-5-10(3)23-12/h7,9-10,12H,4-6,8H2,1-3H3,(H,17,18,20,21)/t9?,10-,12-/m1/s1. The van der Waals surface area contributed by atoms with Crippen LogP contribution in [0.25, 0.3) is 0 Å². The molecule has 1 fully saturated rings. The first-order valence-corrected chi connectivity index (χ1v) is 7.78. The minimum absolute atomic E-state index is 0.0169. The van der Waals surface area contributed by atoms with Crippen LogP contribution in [0.1, 0.15) is 46.3 Å². The van der Waals surface area contributed by atoms with E-state index in [1.807, 2.05) is 20.8 Å². The van der Waals surface area contributed by atoms with E-state index in [-0.39, 0.29) is 18.6 Å². The maximum atomic E-state index is 14.1. The number of aromatic nitrogens is 2. The zero-order chi connectivity index (χ0) is 17.0. The maximum absolute atomic E-state index is 14.1. The fraction of sp³-hybridized carbons (Fsp3) is 0.667. The minimum Gasteiger partial charge on any atom is -0.449 e. The van der Waals surface area contributed by atoms with Gasteiger partial charge in [0.25, 0.3) is 0 Å². The lowest BCUT2D eigenvalue weighted by molar-refractivity contribution is 0.00746. The van der Waals surface area contributed by atoms with Gasteiger partial charge in [0, 0.05) is 0 Å². The van der Waals surface area contributed by atoms with Gasteiger partial charge in [-0.05, 0) is 25.7 Å². The summed E-state index contributed by atoms with van der Waals surface area (Å²) in [7, 11) is 0. The van der Waals surface area contributed by atoms with Crippen molar-refractivity contribution in [3.8, 4) is 0 Å². The Morgan fingerprint density at radius 2 is 2.35 bits per heavy atom. The van der Waals surface area contributed by atoms with E-state index < -0.39 is 29.6 Å². The average Bonchev–Trinajstić information content (AvgIpc) is 2.94. The Balaban J connectivity index is 2.05. The lowest BCUT2D eigenvalue weighted by Gasteiger charge is -2.15. The Labute approximate surface area is 133 Å². The molecule has 0 aliphatic carbocycles. The van der Waals surface area contributed by atoms with Crippen LogP contribution in [0.2, 0.25) is 0 Å². The van der Waals surface area contributed by atoms with E-state index >= 15 is 0 Å². The monoisotopic (exact) mass is 327 g/mol. The van der Waals surface area contributed by atoms with Gasteiger partial charge in [0.15, 0.2) is 11.6 Å². The highest BCUT2D eigenvalue weighted by atomic mass is 19.1. The number of nitrogens with zero attached hydrogens (tertiary/aromatic N) is 2. The number of amides is 1. The van der Waals surface area contributed by atoms with E-state index in [4.69, 9.17) is 9.47 Å². The van der Waals surface area contributed by atoms with Crippen molar-refractivity contribution in [1.29, 1.82) is 0 Å². The van der Waals surface area contributed by atoms with E-state index in [0.717, 1.165) is 23.6 Å². The molecule has 1 unspecified atom stereocenters. The molecular formula is C15H22FN3O4. The summed E-state index contributed by atoms with van der Waals surface area (Å²) < 4.78 is 25.6. The Morgan fingerprint density at radius 3 is 2.96 bits per heavy atom. The molecule has 1 N–H and O–H groups in total. The topological polar surface area (TPSA) is 82.5 Å². The number of hydrogen-bond donors (Lipinski definition) is 1. The van der Waals surface area contributed by atoms with Crippen molar-refractivity contribution < 1.29 is 18.7 Å². The molecule has 8 heteroatoms. The molecular weight excluding hydrogens is 305 g/mol. The fourth-order valence-corrected chi connectivity index (χ4v) is 2.19. The Bertz CT molecular complexity index is 619. The number of ether oxygens (including phenoxy) is 2. The Kier molecular flexibility index (Phi) is 5.70. The molecule has 1 amide bonds. The van der Waals surface area contributed by atoms with Crippen LogP contribution in [0.3, 0.4) is 0 Å². The zero-order valence-electron chi connectivity index (χ0n) is 13.5. The second kappa shape index (κ2) is 7.54. The summed E-state index contributed by atoms with van der Waals surface area (Å²) in [5.74, 6) is -1.05. The van der Waals surface area contributed by atoms with Crippen LogP contribution in [0.4, 0.5) is 15.0 Å². The molecule has 2 heterocycles. The summed E-state index contributed by atoms with van der Waals surface area (Å²) in [4.78, 5) is 27.2. The summed E-state index contributed by atoms with van der Waals surface area (Å²) >= 11 is 0. The predicted molar refractivity (Wildman–Crippen MR) is 81.7 cm³/mol. The molecule has 0 saturated carbocycles. The molecule has 1 aliphatic rings. The molecule has 7 nitrogen and oxygen atoms in total. The highest BCUT2D eigenvalue weighted by Gasteiger charge is 2.25. The van der Waals surface area contributed by atoms with Crippen molar-refractivity contribution in [3.63, 3.8) is 0 Å². The van der Waals surface area contributed by atoms with Crippen LogP contribution in [0, 0.1) is 11.7 Å². The van der Waals surface area contributed by atoms with Crippen molar-refractivity contribution in [1.82, 2.24) is 9.55 Å². The molecule has 0 aromatic carbocycles. The van der Waals surface area contributed by atoms with Crippen LogP contribution in [0.15, 0.2) is 11.0 Å². The smallest absolute Gasteiger partial charge is 0.412 e. The number of carbonyl (C=O) groups excluding carboxylic acids is 1. The van der Waals surface area contributed by atoms with Crippen LogP contribution in [-0.2, 0) is 9.47 Å². The Hall–Kier alpha value is -1.96. The van der Waals surface area contributed by atoms with E-state index in [2.05, 4.69) is 10.3 Å². The minimum atomic E-state index is -0.834. The number of carbonyl (C=O) groups is 1. The van der Waals surface area contributed by atoms with Gasteiger partial charge in [-0.2, -0.15) is 4.98 Å². The maximum Gasteiger partial charge on any atom is 0.412 e. The van der Waals surface area contributed by atoms with Gasteiger partial charge in [0.05, 0.1) is 18.9 Å². The first kappa shape index (κ1) is 17.4. The molecule has 3 atom stereocenters. The highest BCUT2D eigenvalue weighted by molar-refractivity contribution is 5.83. The number of hydrogen-bond acceptors (Lipinski definition) is 5. The molecule has 0 radical (unpaired) electrons. The van der Waals surface area contributed by atoms with Crippen molar-refractivity contribution in [2.75, 3.05) is 11.9 Å². The summed E-state index contributed by atoms with van der Waals surface area (Å²) in [6.45, 7) is 6.00. The molecule has 0 bridgehead atoms. The highest BCUT2D eigenvalue weighted by Crippen LogP contribution is 2.27. The van der Waals surface area contributed by atoms with Crippen LogP contribution < -0.4 is 11.0 Å². The SMILES string of the molecule is CCC(C)COC(=O)Nc1nc(=O)n([C@H]2CC[C@@H](C)O2)cc1F. The van der Waals surface area contributed by atoms with Gasteiger partial charge in [0.2, 0.25) is 0 Å². The first-order valence-electron chi connectivity index (χ1n) is 7.78. The number of rotatable bonds is 5. The van der Waals surface area contributed by atoms with Crippen molar-refractivity contribution in [2.24, 2.45) is 5.92 Å². The molecule has 1 aromatic heterocycles. The van der Waals surface area contributed by atoms with Crippen LogP contribution in [-0.4, -0.2) is 28.4 Å². The second-order valence-corrected chi connectivity index (χ2v) is 5.84. The lowest BCUT2D eigenvalue weighted by Crippen LogP contribution is -2.29. The third-order valence-corrected chi connectivity index (χ3v) is 3.84. The lowest BCUT2D eigenvalue weighted by atomic mass is 10.1. The molecule has 1 aliphatic heterocycles. The van der Waals surface area contributed by atoms with Crippen molar-refractivity contribution in [2.45, 2.75) is 52.4 Å². The predicted octanol–water partition coefficient (Wildman–Crippen LogP) is 2.67. The molecule has 1 saturated heterocycles. The molecule has 1 aromatic rings. The van der Waals surface area contributed by atoms with E-state index in [1.54, 1.807) is 0 Å². The molecule has 0 spiro atoms. The summed E-state index contributed by atoms with van der Waals surface area (Å²) in [6.07, 6.45) is 1.93. The van der Waals surface area contributed by atoms with Gasteiger partial charge in [-0.25, -0.2) is 14.0 Å². The summed E-state index contributed by atoms with van der Waals surface area (Å²) in [5.41, 5.74) is -0.678. The fourth-order valence-electron chi connectivity index (χ4n) is 2.19. The van der Waals surface area contributed by atoms with Crippen LogP contribution in [0.5, 0.6) is 0 Å². The number of nitrogens with one attached hydrogen (secondary N) is 1. The van der Waals surface area contributed by atoms with Gasteiger partial charge >= 0.3 is 11.8 Å². The van der Waals surface area contributed by atoms with Gasteiger partial charge in [-0.1, -0.05) is 20.3 Å². The molecule has 23 heavy (non-hydrogen) atoms. The van der Waals surface area contributed by atoms with Gasteiger partial charge in [-0.15, -0.1) is 0 Å². The second-order valence-electron chi connectivity index (χ2n) is 5.84. The average molecular weight is 327 g/mol. The quantitative estimate of drug-likeness (QED) is 0.899. The Morgan fingerprint density at radius 1 is 1.61 bits per heavy atom. The van der Waals surface area contributed by atoms with Crippen molar-refractivity contribution >= 4 is 11.9 Å². The van der Waals surface area contributed by atoms with Gasteiger partial charge in [0.1, 0.15) is 6.23 Å².